The Labute approximate surface area is 211 Å². The van der Waals surface area contributed by atoms with E-state index in [0.29, 0.717) is 34.9 Å². The number of phenols is 1. The van der Waals surface area contributed by atoms with Crippen LogP contribution in [0.1, 0.15) is 34.2 Å². The van der Waals surface area contributed by atoms with Crippen LogP contribution in [0.25, 0.3) is 33.5 Å². The van der Waals surface area contributed by atoms with Crippen LogP contribution in [0.4, 0.5) is 0 Å². The van der Waals surface area contributed by atoms with Crippen LogP contribution in [-0.4, -0.2) is 49.5 Å². The number of hydrogen-bond acceptors (Lipinski definition) is 7. The Kier molecular flexibility index (Phi) is 5.61. The Balaban J connectivity index is 1.34. The Morgan fingerprint density at radius 2 is 2.06 bits per heavy atom. The van der Waals surface area contributed by atoms with Gasteiger partial charge in [0.1, 0.15) is 16.6 Å². The number of nitrogens with zero attached hydrogens (tertiary/aromatic N) is 4. The SMILES string of the molecule is COc1ncccc1-c1ccc(O)c(-c2nc3cc(C(=O)N4CCCC4c4nccs4)ccc3[nH]2)c1. The number of pyridine rings is 1. The van der Waals surface area contributed by atoms with Gasteiger partial charge in [-0.2, -0.15) is 0 Å². The number of carbonyl (C=O) groups excluding carboxylic acids is 1. The van der Waals surface area contributed by atoms with Gasteiger partial charge in [0.05, 0.1) is 29.7 Å². The summed E-state index contributed by atoms with van der Waals surface area (Å²) in [6, 6.07) is 14.5. The summed E-state index contributed by atoms with van der Waals surface area (Å²) in [6.07, 6.45) is 5.34. The van der Waals surface area contributed by atoms with Gasteiger partial charge in [-0.25, -0.2) is 15.0 Å². The highest BCUT2D eigenvalue weighted by molar-refractivity contribution is 7.09. The van der Waals surface area contributed by atoms with Gasteiger partial charge in [-0.15, -0.1) is 11.3 Å². The largest absolute Gasteiger partial charge is 0.507 e. The molecule has 0 saturated carbocycles. The van der Waals surface area contributed by atoms with Gasteiger partial charge >= 0.3 is 0 Å². The predicted molar refractivity (Wildman–Crippen MR) is 138 cm³/mol. The van der Waals surface area contributed by atoms with Crippen molar-refractivity contribution < 1.29 is 14.6 Å². The van der Waals surface area contributed by atoms with E-state index < -0.39 is 0 Å². The van der Waals surface area contributed by atoms with E-state index in [-0.39, 0.29) is 17.7 Å². The maximum absolute atomic E-state index is 13.4. The minimum Gasteiger partial charge on any atom is -0.507 e. The zero-order valence-electron chi connectivity index (χ0n) is 19.5. The van der Waals surface area contributed by atoms with Crippen molar-refractivity contribution in [2.45, 2.75) is 18.9 Å². The fourth-order valence-electron chi connectivity index (χ4n) is 4.76. The van der Waals surface area contributed by atoms with Gasteiger partial charge in [0, 0.05) is 35.4 Å². The van der Waals surface area contributed by atoms with Gasteiger partial charge < -0.3 is 19.7 Å². The van der Waals surface area contributed by atoms with Crippen molar-refractivity contribution in [3.05, 3.63) is 76.9 Å². The number of fused-ring (bicyclic) bond motifs is 1. The molecule has 1 amide bonds. The fourth-order valence-corrected chi connectivity index (χ4v) is 5.55. The number of aromatic nitrogens is 4. The average molecular weight is 498 g/mol. The number of amides is 1. The molecule has 8 nitrogen and oxygen atoms in total. The number of aromatic hydroxyl groups is 1. The van der Waals surface area contributed by atoms with Crippen LogP contribution in [0, 0.1) is 0 Å². The van der Waals surface area contributed by atoms with Crippen molar-refractivity contribution in [1.29, 1.82) is 0 Å². The maximum atomic E-state index is 13.4. The number of rotatable bonds is 5. The van der Waals surface area contributed by atoms with E-state index in [1.807, 2.05) is 46.7 Å². The topological polar surface area (TPSA) is 104 Å². The molecule has 0 bridgehead atoms. The van der Waals surface area contributed by atoms with E-state index in [1.54, 1.807) is 43.0 Å². The maximum Gasteiger partial charge on any atom is 0.254 e. The highest BCUT2D eigenvalue weighted by Crippen LogP contribution is 2.37. The first kappa shape index (κ1) is 22.2. The van der Waals surface area contributed by atoms with Crippen molar-refractivity contribution in [2.75, 3.05) is 13.7 Å². The molecule has 1 aliphatic rings. The second-order valence-electron chi connectivity index (χ2n) is 8.64. The van der Waals surface area contributed by atoms with E-state index in [1.165, 1.54) is 0 Å². The zero-order chi connectivity index (χ0) is 24.6. The number of hydrogen-bond donors (Lipinski definition) is 2. The van der Waals surface area contributed by atoms with Crippen molar-refractivity contribution >= 4 is 28.3 Å². The minimum absolute atomic E-state index is 0.0205. The molecule has 1 saturated heterocycles. The smallest absolute Gasteiger partial charge is 0.254 e. The molecule has 0 spiro atoms. The molecule has 1 unspecified atom stereocenters. The first-order valence-corrected chi connectivity index (χ1v) is 12.5. The van der Waals surface area contributed by atoms with Crippen LogP contribution in [0.3, 0.4) is 0 Å². The Hall–Kier alpha value is -4.24. The lowest BCUT2D eigenvalue weighted by Gasteiger charge is -2.23. The lowest BCUT2D eigenvalue weighted by atomic mass is 10.0. The van der Waals surface area contributed by atoms with Gasteiger partial charge in [-0.05, 0) is 60.9 Å². The van der Waals surface area contributed by atoms with Gasteiger partial charge in [0.2, 0.25) is 5.88 Å². The fraction of sp³-hybridized carbons (Fsp3) is 0.185. The lowest BCUT2D eigenvalue weighted by Crippen LogP contribution is -2.30. The number of likely N-dealkylation sites (tertiary alicyclic amines) is 1. The molecule has 6 rings (SSSR count). The third-order valence-corrected chi connectivity index (χ3v) is 7.38. The van der Waals surface area contributed by atoms with Crippen molar-refractivity contribution in [3.8, 4) is 34.1 Å². The average Bonchev–Trinajstić information content (AvgIpc) is 3.68. The Morgan fingerprint density at radius 1 is 1.14 bits per heavy atom. The van der Waals surface area contributed by atoms with Gasteiger partial charge in [0.25, 0.3) is 5.91 Å². The second kappa shape index (κ2) is 9.09. The lowest BCUT2D eigenvalue weighted by molar-refractivity contribution is 0.0735. The number of phenolic OH excluding ortho intramolecular Hbond substituents is 1. The molecule has 36 heavy (non-hydrogen) atoms. The Morgan fingerprint density at radius 3 is 2.89 bits per heavy atom. The van der Waals surface area contributed by atoms with E-state index in [0.717, 1.165) is 34.5 Å². The molecular formula is C27H23N5O3S. The summed E-state index contributed by atoms with van der Waals surface area (Å²) in [5, 5.41) is 13.5. The summed E-state index contributed by atoms with van der Waals surface area (Å²) in [7, 11) is 1.58. The summed E-state index contributed by atoms with van der Waals surface area (Å²) >= 11 is 1.59. The highest BCUT2D eigenvalue weighted by Gasteiger charge is 2.32. The first-order valence-electron chi connectivity index (χ1n) is 11.7. The number of aromatic amines is 1. The van der Waals surface area contributed by atoms with Crippen LogP contribution in [-0.2, 0) is 0 Å². The standard InChI is InChI=1S/C27H23N5O3S/c1-35-25-18(4-2-10-28-25)16-7-9-23(33)19(14-16)24-30-20-8-6-17(15-21(20)31-24)27(34)32-12-3-5-22(32)26-29-11-13-36-26/h2,4,6-11,13-15,22,33H,3,5,12H2,1H3,(H,30,31). The predicted octanol–water partition coefficient (Wildman–Crippen LogP) is 5.44. The van der Waals surface area contributed by atoms with Crippen molar-refractivity contribution in [2.24, 2.45) is 0 Å². The van der Waals surface area contributed by atoms with Gasteiger partial charge in [-0.3, -0.25) is 4.79 Å². The van der Waals surface area contributed by atoms with Crippen LogP contribution >= 0.6 is 11.3 Å². The number of methoxy groups -OCH3 is 1. The number of nitrogens with one attached hydrogen (secondary N) is 1. The number of ether oxygens (including phenoxy) is 1. The summed E-state index contributed by atoms with van der Waals surface area (Å²) in [5.74, 6) is 1.09. The molecule has 9 heteroatoms. The summed E-state index contributed by atoms with van der Waals surface area (Å²) in [5.41, 5.74) is 4.22. The van der Waals surface area contributed by atoms with Gasteiger partial charge in [0.15, 0.2) is 0 Å². The molecule has 2 N–H and O–H groups in total. The van der Waals surface area contributed by atoms with Crippen LogP contribution in [0.15, 0.2) is 66.3 Å². The first-order chi connectivity index (χ1) is 17.6. The molecule has 4 heterocycles. The Bertz CT molecular complexity index is 1560. The monoisotopic (exact) mass is 497 g/mol. The van der Waals surface area contributed by atoms with Gasteiger partial charge in [-0.1, -0.05) is 6.07 Å². The number of imidazole rings is 1. The van der Waals surface area contributed by atoms with E-state index in [9.17, 15) is 9.90 Å². The number of carbonyl (C=O) groups is 1. The highest BCUT2D eigenvalue weighted by atomic mass is 32.1. The van der Waals surface area contributed by atoms with Crippen molar-refractivity contribution in [3.63, 3.8) is 0 Å². The van der Waals surface area contributed by atoms with Crippen LogP contribution in [0.2, 0.25) is 0 Å². The third-order valence-electron chi connectivity index (χ3n) is 6.51. The van der Waals surface area contributed by atoms with E-state index in [4.69, 9.17) is 9.72 Å². The van der Waals surface area contributed by atoms with Crippen molar-refractivity contribution in [1.82, 2.24) is 24.8 Å². The molecule has 0 aliphatic carbocycles. The number of H-pyrrole nitrogens is 1. The second-order valence-corrected chi connectivity index (χ2v) is 9.56. The molecular weight excluding hydrogens is 474 g/mol. The molecule has 180 valence electrons. The normalized spacial score (nSPS) is 15.5. The van der Waals surface area contributed by atoms with Crippen LogP contribution < -0.4 is 4.74 Å². The molecule has 1 aliphatic heterocycles. The molecule has 1 fully saturated rings. The third kappa shape index (κ3) is 3.87. The zero-order valence-corrected chi connectivity index (χ0v) is 20.3. The molecule has 2 aromatic carbocycles. The summed E-state index contributed by atoms with van der Waals surface area (Å²) in [6.45, 7) is 0.714. The van der Waals surface area contributed by atoms with E-state index >= 15 is 0 Å². The quantitative estimate of drug-likeness (QED) is 0.335. The molecule has 3 aromatic heterocycles. The number of benzene rings is 2. The van der Waals surface area contributed by atoms with E-state index in [2.05, 4.69) is 15.0 Å². The molecule has 5 aromatic rings. The minimum atomic E-state index is -0.0207. The molecule has 0 radical (unpaired) electrons. The summed E-state index contributed by atoms with van der Waals surface area (Å²) < 4.78 is 5.40. The molecule has 1 atom stereocenters. The number of thiazole rings is 1. The summed E-state index contributed by atoms with van der Waals surface area (Å²) in [4.78, 5) is 32.0. The van der Waals surface area contributed by atoms with Crippen LogP contribution in [0.5, 0.6) is 11.6 Å².